The predicted octanol–water partition coefficient (Wildman–Crippen LogP) is -2.11. The summed E-state index contributed by atoms with van der Waals surface area (Å²) in [6.45, 7) is -0.201. The van der Waals surface area contributed by atoms with Gasteiger partial charge in [0.2, 0.25) is 0 Å². The van der Waals surface area contributed by atoms with Crippen molar-refractivity contribution in [2.24, 2.45) is 0 Å². The van der Waals surface area contributed by atoms with Gasteiger partial charge in [-0.2, -0.15) is 17.9 Å². The molecule has 16 heavy (non-hydrogen) atoms. The molecule has 1 atom stereocenters. The lowest BCUT2D eigenvalue weighted by Crippen LogP contribution is -2.47. The Morgan fingerprint density at radius 1 is 1.50 bits per heavy atom. The molecular weight excluding hydrogens is 240 g/mol. The van der Waals surface area contributed by atoms with Crippen molar-refractivity contribution in [2.45, 2.75) is 12.5 Å². The third-order valence-corrected chi connectivity index (χ3v) is 2.79. The predicted molar refractivity (Wildman–Crippen MR) is 55.1 cm³/mol. The zero-order valence-corrected chi connectivity index (χ0v) is 9.66. The molecule has 0 radical (unpaired) electrons. The lowest BCUT2D eigenvalue weighted by molar-refractivity contribution is -0.139. The molecule has 0 saturated heterocycles. The van der Waals surface area contributed by atoms with Crippen molar-refractivity contribution < 1.29 is 28.2 Å². The standard InChI is InChI=1S/C7H16N2O6S/c1-15-5-3-8-16(13,14)9-6(2-4-10)7(11)12/h6,8-10H,2-5H2,1H3,(H,11,12)/t6-/m1/s1. The minimum atomic E-state index is -3.89. The number of methoxy groups -OCH3 is 1. The highest BCUT2D eigenvalue weighted by molar-refractivity contribution is 7.87. The van der Waals surface area contributed by atoms with Crippen molar-refractivity contribution in [3.8, 4) is 0 Å². The maximum Gasteiger partial charge on any atom is 0.321 e. The van der Waals surface area contributed by atoms with E-state index in [4.69, 9.17) is 10.2 Å². The van der Waals surface area contributed by atoms with Gasteiger partial charge >= 0.3 is 5.97 Å². The van der Waals surface area contributed by atoms with Crippen LogP contribution >= 0.6 is 0 Å². The van der Waals surface area contributed by atoms with E-state index in [1.54, 1.807) is 0 Å². The van der Waals surface area contributed by atoms with E-state index in [9.17, 15) is 13.2 Å². The monoisotopic (exact) mass is 256 g/mol. The maximum absolute atomic E-state index is 11.3. The Bertz CT molecular complexity index is 304. The lowest BCUT2D eigenvalue weighted by Gasteiger charge is -2.13. The number of nitrogens with one attached hydrogen (secondary N) is 2. The van der Waals surface area contributed by atoms with Crippen LogP contribution in [0.3, 0.4) is 0 Å². The van der Waals surface area contributed by atoms with Gasteiger partial charge in [0.05, 0.1) is 6.61 Å². The van der Waals surface area contributed by atoms with Gasteiger partial charge in [-0.05, 0) is 6.42 Å². The van der Waals surface area contributed by atoms with Crippen molar-refractivity contribution in [1.29, 1.82) is 0 Å². The fourth-order valence-corrected chi connectivity index (χ4v) is 1.90. The van der Waals surface area contributed by atoms with Gasteiger partial charge in [0.15, 0.2) is 0 Å². The minimum absolute atomic E-state index is 0.0390. The molecule has 9 heteroatoms. The Kier molecular flexibility index (Phi) is 7.17. The molecule has 0 saturated carbocycles. The number of aliphatic carboxylic acids is 1. The number of carboxylic acid groups (broad SMARTS) is 1. The topological polar surface area (TPSA) is 125 Å². The minimum Gasteiger partial charge on any atom is -0.480 e. The molecule has 96 valence electrons. The second-order valence-electron chi connectivity index (χ2n) is 2.91. The van der Waals surface area contributed by atoms with Crippen molar-refractivity contribution in [1.82, 2.24) is 9.44 Å². The van der Waals surface area contributed by atoms with Gasteiger partial charge in [-0.1, -0.05) is 0 Å². The summed E-state index contributed by atoms with van der Waals surface area (Å²) in [7, 11) is -2.48. The molecule has 0 fully saturated rings. The average molecular weight is 256 g/mol. The van der Waals surface area contributed by atoms with Crippen LogP contribution in [0.4, 0.5) is 0 Å². The zero-order chi connectivity index (χ0) is 12.6. The number of aliphatic hydroxyl groups excluding tert-OH is 1. The van der Waals surface area contributed by atoms with Crippen molar-refractivity contribution in [3.05, 3.63) is 0 Å². The van der Waals surface area contributed by atoms with E-state index in [1.165, 1.54) is 7.11 Å². The second-order valence-corrected chi connectivity index (χ2v) is 4.44. The fraction of sp³-hybridized carbons (Fsp3) is 0.857. The van der Waals surface area contributed by atoms with Crippen LogP contribution in [0.2, 0.25) is 0 Å². The highest BCUT2D eigenvalue weighted by Gasteiger charge is 2.22. The summed E-state index contributed by atoms with van der Waals surface area (Å²) >= 11 is 0. The van der Waals surface area contributed by atoms with Gasteiger partial charge in [0.1, 0.15) is 6.04 Å². The highest BCUT2D eigenvalue weighted by atomic mass is 32.2. The number of carboxylic acids is 1. The molecule has 0 spiro atoms. The number of carbonyl (C=O) groups is 1. The van der Waals surface area contributed by atoms with E-state index in [0.717, 1.165) is 0 Å². The molecule has 8 nitrogen and oxygen atoms in total. The summed E-state index contributed by atoms with van der Waals surface area (Å²) in [5.74, 6) is -1.34. The fourth-order valence-electron chi connectivity index (χ4n) is 0.869. The molecule has 0 aromatic heterocycles. The first-order chi connectivity index (χ1) is 7.43. The van der Waals surface area contributed by atoms with Crippen LogP contribution in [0.15, 0.2) is 0 Å². The molecule has 4 N–H and O–H groups in total. The van der Waals surface area contributed by atoms with Gasteiger partial charge in [-0.25, -0.2) is 0 Å². The van der Waals surface area contributed by atoms with Crippen molar-refractivity contribution >= 4 is 16.2 Å². The molecule has 0 unspecified atom stereocenters. The summed E-state index contributed by atoms with van der Waals surface area (Å²) in [6, 6.07) is -1.34. The molecule has 0 aromatic rings. The van der Waals surface area contributed by atoms with Crippen LogP contribution in [0.25, 0.3) is 0 Å². The molecule has 0 amide bonds. The average Bonchev–Trinajstić information content (AvgIpc) is 2.17. The largest absolute Gasteiger partial charge is 0.480 e. The van der Waals surface area contributed by atoms with E-state index in [2.05, 4.69) is 9.46 Å². The smallest absolute Gasteiger partial charge is 0.321 e. The highest BCUT2D eigenvalue weighted by Crippen LogP contribution is 1.93. The molecule has 0 aromatic carbocycles. The van der Waals surface area contributed by atoms with Crippen molar-refractivity contribution in [2.75, 3.05) is 26.9 Å². The SMILES string of the molecule is COCCNS(=O)(=O)N[C@H](CCO)C(=O)O. The zero-order valence-electron chi connectivity index (χ0n) is 8.84. The quantitative estimate of drug-likeness (QED) is 0.350. The summed E-state index contributed by atoms with van der Waals surface area (Å²) in [4.78, 5) is 10.6. The van der Waals surface area contributed by atoms with Gasteiger partial charge in [-0.3, -0.25) is 4.79 Å². The van der Waals surface area contributed by atoms with E-state index in [-0.39, 0.29) is 19.6 Å². The third kappa shape index (κ3) is 6.69. The van der Waals surface area contributed by atoms with E-state index < -0.39 is 28.8 Å². The normalized spacial score (nSPS) is 13.6. The third-order valence-electron chi connectivity index (χ3n) is 1.61. The Morgan fingerprint density at radius 3 is 2.56 bits per heavy atom. The number of ether oxygens (including phenoxy) is 1. The van der Waals surface area contributed by atoms with Crippen molar-refractivity contribution in [3.63, 3.8) is 0 Å². The number of hydrogen-bond donors (Lipinski definition) is 4. The number of hydrogen-bond acceptors (Lipinski definition) is 5. The molecular formula is C7H16N2O6S. The van der Waals surface area contributed by atoms with Crippen LogP contribution in [0.1, 0.15) is 6.42 Å². The van der Waals surface area contributed by atoms with Gasteiger partial charge < -0.3 is 14.9 Å². The first-order valence-corrected chi connectivity index (χ1v) is 6.00. The van der Waals surface area contributed by atoms with E-state index in [1.807, 2.05) is 4.72 Å². The van der Waals surface area contributed by atoms with E-state index in [0.29, 0.717) is 0 Å². The van der Waals surface area contributed by atoms with Crippen LogP contribution in [-0.4, -0.2) is 57.5 Å². The lowest BCUT2D eigenvalue weighted by atomic mass is 10.2. The van der Waals surface area contributed by atoms with Gasteiger partial charge in [0, 0.05) is 20.3 Å². The molecule has 0 bridgehead atoms. The Balaban J connectivity index is 4.25. The molecule has 0 aliphatic rings. The van der Waals surface area contributed by atoms with Crippen LogP contribution in [0, 0.1) is 0 Å². The summed E-state index contributed by atoms with van der Waals surface area (Å²) < 4.78 is 31.2. The Morgan fingerprint density at radius 2 is 2.12 bits per heavy atom. The summed E-state index contributed by atoms with van der Waals surface area (Å²) in [6.07, 6.45) is -0.194. The first-order valence-electron chi connectivity index (χ1n) is 4.52. The van der Waals surface area contributed by atoms with Crippen LogP contribution in [0.5, 0.6) is 0 Å². The first kappa shape index (κ1) is 15.3. The summed E-state index contributed by atoms with van der Waals surface area (Å²) in [5, 5.41) is 17.2. The second kappa shape index (κ2) is 7.52. The van der Waals surface area contributed by atoms with Crippen LogP contribution in [-0.2, 0) is 19.7 Å². The molecule has 0 aliphatic heterocycles. The Labute approximate surface area is 93.8 Å². The van der Waals surface area contributed by atoms with Crippen LogP contribution < -0.4 is 9.44 Å². The maximum atomic E-state index is 11.3. The van der Waals surface area contributed by atoms with Gasteiger partial charge in [-0.15, -0.1) is 0 Å². The van der Waals surface area contributed by atoms with Gasteiger partial charge in [0.25, 0.3) is 10.2 Å². The summed E-state index contributed by atoms with van der Waals surface area (Å²) in [5.41, 5.74) is 0. The molecule has 0 rings (SSSR count). The molecule has 0 aliphatic carbocycles. The molecule has 0 heterocycles. The van der Waals surface area contributed by atoms with E-state index >= 15 is 0 Å². The number of aliphatic hydroxyl groups is 1. The Hall–Kier alpha value is -0.740. The number of rotatable bonds is 9.